The highest BCUT2D eigenvalue weighted by molar-refractivity contribution is 7.90. The zero-order valence-electron chi connectivity index (χ0n) is 16.3. The summed E-state index contributed by atoms with van der Waals surface area (Å²) in [6.07, 6.45) is 7.70. The molecule has 0 radical (unpaired) electrons. The first-order chi connectivity index (χ1) is 13.4. The number of hydrogen-bond acceptors (Lipinski definition) is 4. The van der Waals surface area contributed by atoms with Crippen LogP contribution in [0.1, 0.15) is 55.2 Å². The number of sulfone groups is 1. The van der Waals surface area contributed by atoms with Crippen LogP contribution in [0.4, 0.5) is 0 Å². The van der Waals surface area contributed by atoms with Gasteiger partial charge in [0.15, 0.2) is 9.84 Å². The number of unbranched alkanes of at least 4 members (excludes halogenated alkanes) is 2. The molecule has 1 aliphatic rings. The number of rotatable bonds is 7. The van der Waals surface area contributed by atoms with Crippen LogP contribution in [0.15, 0.2) is 47.4 Å². The molecule has 0 aliphatic heterocycles. The first-order valence-corrected chi connectivity index (χ1v) is 11.7. The SMILES string of the molecule is CS(=O)(=O)c1ccc(C2=C(CCCCCO)c3ccc(O)cc3CCC2)cc1. The monoisotopic (exact) mass is 400 g/mol. The Morgan fingerprint density at radius 2 is 1.71 bits per heavy atom. The van der Waals surface area contributed by atoms with Gasteiger partial charge in [-0.25, -0.2) is 8.42 Å². The maximum Gasteiger partial charge on any atom is 0.175 e. The van der Waals surface area contributed by atoms with Gasteiger partial charge in [0.2, 0.25) is 0 Å². The first kappa shape index (κ1) is 20.6. The molecule has 2 aromatic carbocycles. The third-order valence-corrected chi connectivity index (χ3v) is 6.50. The number of fused-ring (bicyclic) bond motifs is 1. The van der Waals surface area contributed by atoms with Crippen LogP contribution in [0.25, 0.3) is 11.1 Å². The van der Waals surface area contributed by atoms with Crippen molar-refractivity contribution in [1.29, 1.82) is 0 Å². The fraction of sp³-hybridized carbons (Fsp3) is 0.391. The Morgan fingerprint density at radius 3 is 2.39 bits per heavy atom. The summed E-state index contributed by atoms with van der Waals surface area (Å²) in [4.78, 5) is 0.334. The molecule has 28 heavy (non-hydrogen) atoms. The van der Waals surface area contributed by atoms with E-state index in [0.717, 1.165) is 50.5 Å². The molecule has 150 valence electrons. The zero-order valence-corrected chi connectivity index (χ0v) is 17.1. The number of phenolic OH excluding ortho intramolecular Hbond substituents is 1. The van der Waals surface area contributed by atoms with E-state index in [-0.39, 0.29) is 6.61 Å². The molecule has 1 aliphatic carbocycles. The predicted molar refractivity (Wildman–Crippen MR) is 113 cm³/mol. The Hall–Kier alpha value is -2.11. The van der Waals surface area contributed by atoms with E-state index in [1.54, 1.807) is 18.2 Å². The lowest BCUT2D eigenvalue weighted by atomic mass is 9.89. The molecule has 0 fully saturated rings. The van der Waals surface area contributed by atoms with E-state index >= 15 is 0 Å². The standard InChI is InChI=1S/C23H28O4S/c1-28(26,27)20-12-9-17(10-13-20)21-8-5-6-18-16-19(25)11-14-22(18)23(21)7-3-2-4-15-24/h9-14,16,24-25H,2-8,15H2,1H3. The topological polar surface area (TPSA) is 74.6 Å². The fourth-order valence-corrected chi connectivity index (χ4v) is 4.58. The maximum atomic E-state index is 11.8. The summed E-state index contributed by atoms with van der Waals surface area (Å²) in [6, 6.07) is 12.8. The van der Waals surface area contributed by atoms with Crippen molar-refractivity contribution in [3.8, 4) is 5.75 Å². The highest BCUT2D eigenvalue weighted by atomic mass is 32.2. The van der Waals surface area contributed by atoms with Gasteiger partial charge in [-0.3, -0.25) is 0 Å². The first-order valence-electron chi connectivity index (χ1n) is 9.86. The summed E-state index contributed by atoms with van der Waals surface area (Å²) in [5, 5.41) is 19.0. The third kappa shape index (κ3) is 4.83. The lowest BCUT2D eigenvalue weighted by molar-refractivity contribution is 0.283. The van der Waals surface area contributed by atoms with Crippen LogP contribution in [0.5, 0.6) is 5.75 Å². The van der Waals surface area contributed by atoms with Crippen molar-refractivity contribution in [2.24, 2.45) is 0 Å². The summed E-state index contributed by atoms with van der Waals surface area (Å²) < 4.78 is 23.6. The predicted octanol–water partition coefficient (Wildman–Crippen LogP) is 4.60. The third-order valence-electron chi connectivity index (χ3n) is 5.37. The summed E-state index contributed by atoms with van der Waals surface area (Å²) in [5.41, 5.74) is 5.94. The van der Waals surface area contributed by atoms with Crippen LogP contribution >= 0.6 is 0 Å². The molecule has 0 saturated carbocycles. The highest BCUT2D eigenvalue weighted by Gasteiger charge is 2.19. The number of aliphatic hydroxyl groups is 1. The van der Waals surface area contributed by atoms with Gasteiger partial charge in [0.1, 0.15) is 5.75 Å². The Balaban J connectivity index is 2.04. The van der Waals surface area contributed by atoms with Crippen LogP contribution in [0.3, 0.4) is 0 Å². The smallest absolute Gasteiger partial charge is 0.175 e. The van der Waals surface area contributed by atoms with Crippen molar-refractivity contribution in [3.05, 3.63) is 59.2 Å². The van der Waals surface area contributed by atoms with Crippen molar-refractivity contribution >= 4 is 21.0 Å². The molecule has 3 rings (SSSR count). The average Bonchev–Trinajstić information content (AvgIpc) is 2.83. The number of allylic oxidation sites excluding steroid dienone is 2. The van der Waals surface area contributed by atoms with Crippen LogP contribution in [-0.4, -0.2) is 31.5 Å². The second-order valence-electron chi connectivity index (χ2n) is 7.48. The minimum atomic E-state index is -3.21. The van der Waals surface area contributed by atoms with Crippen LogP contribution < -0.4 is 0 Å². The molecular weight excluding hydrogens is 372 g/mol. The number of aromatic hydroxyl groups is 1. The van der Waals surface area contributed by atoms with Crippen molar-refractivity contribution in [2.45, 2.75) is 49.8 Å². The zero-order chi connectivity index (χ0) is 20.1. The highest BCUT2D eigenvalue weighted by Crippen LogP contribution is 2.39. The molecule has 0 atom stereocenters. The van der Waals surface area contributed by atoms with E-state index in [2.05, 4.69) is 0 Å². The van der Waals surface area contributed by atoms with Gasteiger partial charge < -0.3 is 10.2 Å². The van der Waals surface area contributed by atoms with Crippen LogP contribution in [0, 0.1) is 0 Å². The lowest BCUT2D eigenvalue weighted by Gasteiger charge is -2.16. The van der Waals surface area contributed by atoms with Gasteiger partial charge in [-0.05, 0) is 90.6 Å². The Labute approximate surface area is 167 Å². The van der Waals surface area contributed by atoms with Gasteiger partial charge in [0, 0.05) is 12.9 Å². The summed E-state index contributed by atoms with van der Waals surface area (Å²) in [7, 11) is -3.21. The molecule has 2 aromatic rings. The average molecular weight is 401 g/mol. The van der Waals surface area contributed by atoms with Gasteiger partial charge >= 0.3 is 0 Å². The normalized spacial score (nSPS) is 14.6. The molecule has 0 heterocycles. The molecule has 0 aromatic heterocycles. The molecule has 2 N–H and O–H groups in total. The molecule has 0 unspecified atom stereocenters. The van der Waals surface area contributed by atoms with Crippen LogP contribution in [-0.2, 0) is 16.3 Å². The van der Waals surface area contributed by atoms with Gasteiger partial charge in [-0.15, -0.1) is 0 Å². The quantitative estimate of drug-likeness (QED) is 0.666. The van der Waals surface area contributed by atoms with Gasteiger partial charge in [0.05, 0.1) is 4.90 Å². The molecule has 0 bridgehead atoms. The Morgan fingerprint density at radius 1 is 0.964 bits per heavy atom. The number of aryl methyl sites for hydroxylation is 1. The molecule has 5 heteroatoms. The Kier molecular flexibility index (Phi) is 6.57. The second kappa shape index (κ2) is 8.93. The fourth-order valence-electron chi connectivity index (χ4n) is 3.95. The van der Waals surface area contributed by atoms with Crippen molar-refractivity contribution in [3.63, 3.8) is 0 Å². The number of benzene rings is 2. The number of phenols is 1. The minimum Gasteiger partial charge on any atom is -0.508 e. The number of aliphatic hydroxyl groups excluding tert-OH is 1. The second-order valence-corrected chi connectivity index (χ2v) is 9.50. The molecule has 0 saturated heterocycles. The van der Waals surface area contributed by atoms with Crippen molar-refractivity contribution in [1.82, 2.24) is 0 Å². The molecule has 4 nitrogen and oxygen atoms in total. The maximum absolute atomic E-state index is 11.8. The Bertz CT molecular complexity index is 957. The van der Waals surface area contributed by atoms with E-state index < -0.39 is 9.84 Å². The molecular formula is C23H28O4S. The van der Waals surface area contributed by atoms with Gasteiger partial charge in [-0.2, -0.15) is 0 Å². The van der Waals surface area contributed by atoms with Crippen molar-refractivity contribution < 1.29 is 18.6 Å². The van der Waals surface area contributed by atoms with E-state index in [1.165, 1.54) is 28.5 Å². The van der Waals surface area contributed by atoms with E-state index in [1.807, 2.05) is 24.3 Å². The summed E-state index contributed by atoms with van der Waals surface area (Å²) in [5.74, 6) is 0.291. The lowest BCUT2D eigenvalue weighted by Crippen LogP contribution is -1.98. The summed E-state index contributed by atoms with van der Waals surface area (Å²) >= 11 is 0. The summed E-state index contributed by atoms with van der Waals surface area (Å²) in [6.45, 7) is 0.212. The van der Waals surface area contributed by atoms with E-state index in [0.29, 0.717) is 10.6 Å². The minimum absolute atomic E-state index is 0.212. The van der Waals surface area contributed by atoms with Gasteiger partial charge in [0.25, 0.3) is 0 Å². The molecule has 0 amide bonds. The van der Waals surface area contributed by atoms with Crippen molar-refractivity contribution in [2.75, 3.05) is 12.9 Å². The van der Waals surface area contributed by atoms with Gasteiger partial charge in [-0.1, -0.05) is 24.6 Å². The van der Waals surface area contributed by atoms with E-state index in [9.17, 15) is 13.5 Å². The number of hydrogen-bond donors (Lipinski definition) is 2. The largest absolute Gasteiger partial charge is 0.508 e. The molecule has 0 spiro atoms. The van der Waals surface area contributed by atoms with Crippen LogP contribution in [0.2, 0.25) is 0 Å². The van der Waals surface area contributed by atoms with E-state index in [4.69, 9.17) is 5.11 Å².